The van der Waals surface area contributed by atoms with Crippen LogP contribution in [-0.2, 0) is 0 Å². The van der Waals surface area contributed by atoms with E-state index < -0.39 is 0 Å². The highest BCUT2D eigenvalue weighted by Crippen LogP contribution is 2.32. The lowest BCUT2D eigenvalue weighted by molar-refractivity contribution is 0.0743. The Morgan fingerprint density at radius 3 is 2.43 bits per heavy atom. The number of fused-ring (bicyclic) bond motifs is 1. The van der Waals surface area contributed by atoms with E-state index >= 15 is 0 Å². The quantitative estimate of drug-likeness (QED) is 0.761. The maximum absolute atomic E-state index is 13.1. The van der Waals surface area contributed by atoms with Gasteiger partial charge in [-0.05, 0) is 75.0 Å². The minimum atomic E-state index is -0.386. The predicted molar refractivity (Wildman–Crippen MR) is 118 cm³/mol. The number of likely N-dealkylation sites (tertiary alicyclic amines) is 1. The number of aryl methyl sites for hydroxylation is 2. The SMILES string of the molecule is Cc1ccc(C)c(N2C(=O)c3ccc(C(=O)N4CC(CN)CC4C)cc3C2=O)c1.Cl. The van der Waals surface area contributed by atoms with Gasteiger partial charge < -0.3 is 10.6 Å². The van der Waals surface area contributed by atoms with Gasteiger partial charge in [-0.2, -0.15) is 0 Å². The van der Waals surface area contributed by atoms with Crippen molar-refractivity contribution in [3.8, 4) is 0 Å². The maximum Gasteiger partial charge on any atom is 0.266 e. The number of amides is 3. The molecule has 2 unspecified atom stereocenters. The van der Waals surface area contributed by atoms with E-state index in [1.165, 1.54) is 4.90 Å². The Morgan fingerprint density at radius 1 is 1.07 bits per heavy atom. The molecule has 2 heterocycles. The normalized spacial score (nSPS) is 20.4. The molecule has 0 radical (unpaired) electrons. The zero-order valence-corrected chi connectivity index (χ0v) is 18.2. The summed E-state index contributed by atoms with van der Waals surface area (Å²) in [6, 6.07) is 10.6. The molecular weight excluding hydrogens is 402 g/mol. The molecule has 0 bridgehead atoms. The van der Waals surface area contributed by atoms with Crippen LogP contribution in [-0.4, -0.2) is 41.8 Å². The van der Waals surface area contributed by atoms with Crippen LogP contribution in [0.15, 0.2) is 36.4 Å². The van der Waals surface area contributed by atoms with Gasteiger partial charge in [-0.3, -0.25) is 14.4 Å². The first kappa shape index (κ1) is 22.0. The molecule has 2 aromatic carbocycles. The van der Waals surface area contributed by atoms with E-state index in [1.807, 2.05) is 43.9 Å². The standard InChI is InChI=1S/C23H25N3O3.ClH/c1-13-4-5-14(2)20(8-13)26-22(28)18-7-6-17(10-19(18)23(26)29)21(27)25-12-16(11-24)9-15(25)3;/h4-8,10,15-16H,9,11-12,24H2,1-3H3;1H. The van der Waals surface area contributed by atoms with Gasteiger partial charge in [0.1, 0.15) is 0 Å². The number of halogens is 1. The molecule has 6 nitrogen and oxygen atoms in total. The maximum atomic E-state index is 13.1. The van der Waals surface area contributed by atoms with Crippen molar-refractivity contribution in [2.75, 3.05) is 18.0 Å². The molecule has 0 aromatic heterocycles. The van der Waals surface area contributed by atoms with Gasteiger partial charge in [-0.25, -0.2) is 4.90 Å². The van der Waals surface area contributed by atoms with Gasteiger partial charge in [-0.1, -0.05) is 12.1 Å². The fraction of sp³-hybridized carbons (Fsp3) is 0.348. The van der Waals surface area contributed by atoms with Crippen molar-refractivity contribution in [2.24, 2.45) is 11.7 Å². The molecular formula is C23H26ClN3O3. The number of imide groups is 1. The van der Waals surface area contributed by atoms with Crippen LogP contribution in [0.1, 0.15) is 55.5 Å². The lowest BCUT2D eigenvalue weighted by atomic mass is 10.0. The number of rotatable bonds is 3. The van der Waals surface area contributed by atoms with Crippen LogP contribution < -0.4 is 10.6 Å². The van der Waals surface area contributed by atoms with Gasteiger partial charge in [0.05, 0.1) is 16.8 Å². The predicted octanol–water partition coefficient (Wildman–Crippen LogP) is 3.34. The molecule has 7 heteroatoms. The third kappa shape index (κ3) is 3.50. The highest BCUT2D eigenvalue weighted by Gasteiger charge is 2.39. The fourth-order valence-corrected chi connectivity index (χ4v) is 4.31. The lowest BCUT2D eigenvalue weighted by Gasteiger charge is -2.21. The number of anilines is 1. The molecule has 2 aromatic rings. The molecule has 1 saturated heterocycles. The minimum Gasteiger partial charge on any atom is -0.336 e. The number of nitrogens with zero attached hydrogens (tertiary/aromatic N) is 2. The largest absolute Gasteiger partial charge is 0.336 e. The number of hydrogen-bond donors (Lipinski definition) is 1. The van der Waals surface area contributed by atoms with Gasteiger partial charge in [0, 0.05) is 18.2 Å². The number of benzene rings is 2. The van der Waals surface area contributed by atoms with Crippen molar-refractivity contribution in [2.45, 2.75) is 33.2 Å². The molecule has 158 valence electrons. The average Bonchev–Trinajstić information content (AvgIpc) is 3.20. The summed E-state index contributed by atoms with van der Waals surface area (Å²) >= 11 is 0. The Kier molecular flexibility index (Phi) is 6.01. The fourth-order valence-electron chi connectivity index (χ4n) is 4.31. The van der Waals surface area contributed by atoms with Gasteiger partial charge >= 0.3 is 0 Å². The van der Waals surface area contributed by atoms with Crippen LogP contribution in [0.4, 0.5) is 5.69 Å². The van der Waals surface area contributed by atoms with Crippen molar-refractivity contribution in [3.63, 3.8) is 0 Å². The molecule has 1 fully saturated rings. The van der Waals surface area contributed by atoms with E-state index in [4.69, 9.17) is 5.73 Å². The molecule has 30 heavy (non-hydrogen) atoms. The molecule has 2 aliphatic heterocycles. The summed E-state index contributed by atoms with van der Waals surface area (Å²) in [7, 11) is 0. The summed E-state index contributed by atoms with van der Waals surface area (Å²) in [6.45, 7) is 6.97. The molecule has 3 amide bonds. The van der Waals surface area contributed by atoms with E-state index in [1.54, 1.807) is 18.2 Å². The van der Waals surface area contributed by atoms with Gasteiger partial charge in [0.2, 0.25) is 0 Å². The first-order valence-corrected chi connectivity index (χ1v) is 9.93. The van der Waals surface area contributed by atoms with Crippen molar-refractivity contribution in [1.29, 1.82) is 0 Å². The first-order valence-electron chi connectivity index (χ1n) is 9.93. The Morgan fingerprint density at radius 2 is 1.77 bits per heavy atom. The molecule has 2 aliphatic rings. The second-order valence-corrected chi connectivity index (χ2v) is 8.14. The summed E-state index contributed by atoms with van der Waals surface area (Å²) in [6.07, 6.45) is 0.880. The van der Waals surface area contributed by atoms with Gasteiger partial charge in [-0.15, -0.1) is 12.4 Å². The number of carbonyl (C=O) groups is 3. The van der Waals surface area contributed by atoms with Crippen LogP contribution in [0.5, 0.6) is 0 Å². The molecule has 4 rings (SSSR count). The van der Waals surface area contributed by atoms with E-state index in [9.17, 15) is 14.4 Å². The van der Waals surface area contributed by atoms with Crippen LogP contribution in [0.25, 0.3) is 0 Å². The Labute approximate surface area is 182 Å². The van der Waals surface area contributed by atoms with E-state index in [2.05, 4.69) is 0 Å². The summed E-state index contributed by atoms with van der Waals surface area (Å²) in [5, 5.41) is 0. The second-order valence-electron chi connectivity index (χ2n) is 8.14. The van der Waals surface area contributed by atoms with Crippen LogP contribution >= 0.6 is 12.4 Å². The van der Waals surface area contributed by atoms with Gasteiger partial charge in [0.25, 0.3) is 17.7 Å². The second kappa shape index (κ2) is 8.20. The summed E-state index contributed by atoms with van der Waals surface area (Å²) < 4.78 is 0. The summed E-state index contributed by atoms with van der Waals surface area (Å²) in [5.74, 6) is -0.564. The van der Waals surface area contributed by atoms with E-state index in [0.29, 0.717) is 35.8 Å². The molecule has 2 atom stereocenters. The van der Waals surface area contributed by atoms with Crippen LogP contribution in [0.3, 0.4) is 0 Å². The minimum absolute atomic E-state index is 0. The topological polar surface area (TPSA) is 83.7 Å². The van der Waals surface area contributed by atoms with Gasteiger partial charge in [0.15, 0.2) is 0 Å². The molecule has 0 aliphatic carbocycles. The van der Waals surface area contributed by atoms with Crippen molar-refractivity contribution in [1.82, 2.24) is 4.90 Å². The van der Waals surface area contributed by atoms with Crippen LogP contribution in [0, 0.1) is 19.8 Å². The molecule has 0 spiro atoms. The zero-order valence-electron chi connectivity index (χ0n) is 17.3. The Balaban J connectivity index is 0.00000256. The van der Waals surface area contributed by atoms with E-state index in [-0.39, 0.29) is 41.7 Å². The average molecular weight is 428 g/mol. The van der Waals surface area contributed by atoms with Crippen molar-refractivity contribution >= 4 is 35.8 Å². The summed E-state index contributed by atoms with van der Waals surface area (Å²) in [4.78, 5) is 42.1. The Bertz CT molecular complexity index is 1040. The highest BCUT2D eigenvalue weighted by molar-refractivity contribution is 6.35. The smallest absolute Gasteiger partial charge is 0.266 e. The monoisotopic (exact) mass is 427 g/mol. The van der Waals surface area contributed by atoms with Crippen molar-refractivity contribution < 1.29 is 14.4 Å². The zero-order chi connectivity index (χ0) is 20.9. The van der Waals surface area contributed by atoms with Crippen molar-refractivity contribution in [3.05, 3.63) is 64.2 Å². The number of nitrogens with two attached hydrogens (primary N) is 1. The number of carbonyl (C=O) groups excluding carboxylic acids is 3. The third-order valence-electron chi connectivity index (χ3n) is 5.99. The first-order chi connectivity index (χ1) is 13.8. The third-order valence-corrected chi connectivity index (χ3v) is 5.99. The Hall–Kier alpha value is -2.70. The summed E-state index contributed by atoms with van der Waals surface area (Å²) in [5.41, 5.74) is 9.22. The van der Waals surface area contributed by atoms with Crippen LogP contribution in [0.2, 0.25) is 0 Å². The molecule has 0 saturated carbocycles. The molecule has 2 N–H and O–H groups in total. The number of hydrogen-bond acceptors (Lipinski definition) is 4. The lowest BCUT2D eigenvalue weighted by Crippen LogP contribution is -2.34. The van der Waals surface area contributed by atoms with E-state index in [0.717, 1.165) is 17.5 Å². The highest BCUT2D eigenvalue weighted by atomic mass is 35.5.